The number of nitrogens with two attached hydrogens (primary N) is 1. The second kappa shape index (κ2) is 3.92. The van der Waals surface area contributed by atoms with E-state index < -0.39 is 0 Å². The lowest BCUT2D eigenvalue weighted by Gasteiger charge is -2.03. The largest absolute Gasteiger partial charge is 0.445 e. The van der Waals surface area contributed by atoms with Crippen LogP contribution < -0.4 is 5.73 Å². The van der Waals surface area contributed by atoms with Gasteiger partial charge in [-0.25, -0.2) is 0 Å². The molecule has 0 amide bonds. The molecule has 0 bridgehead atoms. The summed E-state index contributed by atoms with van der Waals surface area (Å²) in [6, 6.07) is 8.69. The number of benzene rings is 1. The number of nitrogen functional groups attached to an aromatic ring is 1. The second-order valence-electron chi connectivity index (χ2n) is 5.14. The lowest BCUT2D eigenvalue weighted by Crippen LogP contribution is -1.89. The first-order valence-corrected chi connectivity index (χ1v) is 6.41. The summed E-state index contributed by atoms with van der Waals surface area (Å²) in [7, 11) is 2.09. The normalized spacial score (nSPS) is 11.4. The quantitative estimate of drug-likeness (QED) is 0.714. The summed E-state index contributed by atoms with van der Waals surface area (Å²) in [5.74, 6) is 1.39. The van der Waals surface area contributed by atoms with Crippen LogP contribution in [0.2, 0.25) is 0 Å². The molecule has 0 unspecified atom stereocenters. The third-order valence-electron chi connectivity index (χ3n) is 3.93. The molecule has 3 nitrogen and oxygen atoms in total. The van der Waals surface area contributed by atoms with E-state index >= 15 is 0 Å². The van der Waals surface area contributed by atoms with Gasteiger partial charge in [-0.15, -0.1) is 0 Å². The topological polar surface area (TPSA) is 44.1 Å². The van der Waals surface area contributed by atoms with Crippen LogP contribution in [0.3, 0.4) is 0 Å². The number of aromatic nitrogens is 1. The van der Waals surface area contributed by atoms with Crippen molar-refractivity contribution < 1.29 is 4.42 Å². The maximum atomic E-state index is 5.85. The van der Waals surface area contributed by atoms with Crippen LogP contribution in [0.15, 0.2) is 28.7 Å². The van der Waals surface area contributed by atoms with Gasteiger partial charge in [0.25, 0.3) is 0 Å². The molecule has 0 aliphatic rings. The number of hydrogen-bond donors (Lipinski definition) is 1. The first kappa shape index (κ1) is 11.9. The van der Waals surface area contributed by atoms with Gasteiger partial charge in [-0.05, 0) is 44.5 Å². The standard InChI is InChI=1S/C16H18N2O/c1-9-7-13-8-12(5-6-14(13)18(9)4)15-10(2)16(17)19-11(15)3/h5-8H,17H2,1-4H3. The minimum atomic E-state index is 0.511. The summed E-state index contributed by atoms with van der Waals surface area (Å²) in [5.41, 5.74) is 11.6. The molecule has 2 heterocycles. The first-order chi connectivity index (χ1) is 8.99. The van der Waals surface area contributed by atoms with E-state index in [9.17, 15) is 0 Å². The smallest absolute Gasteiger partial charge is 0.194 e. The lowest BCUT2D eigenvalue weighted by molar-refractivity contribution is 0.553. The molecular formula is C16H18N2O. The fourth-order valence-electron chi connectivity index (χ4n) is 2.74. The third kappa shape index (κ3) is 1.65. The van der Waals surface area contributed by atoms with E-state index in [0.717, 1.165) is 22.5 Å². The van der Waals surface area contributed by atoms with Crippen molar-refractivity contribution in [3.05, 3.63) is 41.3 Å². The van der Waals surface area contributed by atoms with Crippen LogP contribution in [0, 0.1) is 20.8 Å². The van der Waals surface area contributed by atoms with Gasteiger partial charge in [0.1, 0.15) is 5.76 Å². The number of fused-ring (bicyclic) bond motifs is 1. The van der Waals surface area contributed by atoms with Crippen molar-refractivity contribution in [1.29, 1.82) is 0 Å². The molecule has 19 heavy (non-hydrogen) atoms. The second-order valence-corrected chi connectivity index (χ2v) is 5.14. The number of nitrogens with zero attached hydrogens (tertiary/aromatic N) is 1. The average molecular weight is 254 g/mol. The Balaban J connectivity index is 2.26. The Morgan fingerprint density at radius 1 is 1.11 bits per heavy atom. The van der Waals surface area contributed by atoms with Gasteiger partial charge in [0.05, 0.1) is 0 Å². The molecule has 0 saturated carbocycles. The fourth-order valence-corrected chi connectivity index (χ4v) is 2.74. The van der Waals surface area contributed by atoms with Crippen LogP contribution in [-0.2, 0) is 7.05 Å². The van der Waals surface area contributed by atoms with Gasteiger partial charge in [-0.3, -0.25) is 0 Å². The fraction of sp³-hybridized carbons (Fsp3) is 0.250. The van der Waals surface area contributed by atoms with E-state index in [0.29, 0.717) is 5.88 Å². The molecule has 3 aromatic rings. The van der Waals surface area contributed by atoms with Crippen molar-refractivity contribution in [3.8, 4) is 11.1 Å². The van der Waals surface area contributed by atoms with E-state index in [1.165, 1.54) is 16.6 Å². The summed E-state index contributed by atoms with van der Waals surface area (Å²) < 4.78 is 7.71. The molecule has 1 aromatic carbocycles. The van der Waals surface area contributed by atoms with Crippen LogP contribution in [0.5, 0.6) is 0 Å². The van der Waals surface area contributed by atoms with E-state index in [4.69, 9.17) is 10.2 Å². The molecule has 0 spiro atoms. The minimum Gasteiger partial charge on any atom is -0.445 e. The van der Waals surface area contributed by atoms with E-state index in [-0.39, 0.29) is 0 Å². The van der Waals surface area contributed by atoms with Crippen LogP contribution >= 0.6 is 0 Å². The molecule has 98 valence electrons. The summed E-state index contributed by atoms with van der Waals surface area (Å²) in [6.45, 7) is 6.08. The van der Waals surface area contributed by atoms with Gasteiger partial charge in [0.15, 0.2) is 5.88 Å². The Morgan fingerprint density at radius 3 is 2.47 bits per heavy atom. The molecule has 3 rings (SSSR count). The molecule has 0 radical (unpaired) electrons. The van der Waals surface area contributed by atoms with Crippen molar-refractivity contribution in [3.63, 3.8) is 0 Å². The van der Waals surface area contributed by atoms with Gasteiger partial charge in [0, 0.05) is 34.8 Å². The maximum absolute atomic E-state index is 5.85. The summed E-state index contributed by atoms with van der Waals surface area (Å²) in [4.78, 5) is 0. The Kier molecular flexibility index (Phi) is 2.45. The van der Waals surface area contributed by atoms with Crippen LogP contribution in [0.4, 0.5) is 5.88 Å². The Bertz CT molecular complexity index is 778. The van der Waals surface area contributed by atoms with Crippen molar-refractivity contribution in [2.24, 2.45) is 7.05 Å². The number of aryl methyl sites for hydroxylation is 3. The van der Waals surface area contributed by atoms with E-state index in [1.807, 2.05) is 13.8 Å². The Hall–Kier alpha value is -2.16. The van der Waals surface area contributed by atoms with Gasteiger partial charge in [-0.2, -0.15) is 0 Å². The maximum Gasteiger partial charge on any atom is 0.194 e. The molecule has 3 heteroatoms. The Labute approximate surface area is 112 Å². The van der Waals surface area contributed by atoms with Gasteiger partial charge >= 0.3 is 0 Å². The highest BCUT2D eigenvalue weighted by Crippen LogP contribution is 2.35. The third-order valence-corrected chi connectivity index (χ3v) is 3.93. The van der Waals surface area contributed by atoms with Crippen molar-refractivity contribution in [2.45, 2.75) is 20.8 Å². The highest BCUT2D eigenvalue weighted by atomic mass is 16.4. The van der Waals surface area contributed by atoms with Crippen LogP contribution in [0.25, 0.3) is 22.0 Å². The highest BCUT2D eigenvalue weighted by Gasteiger charge is 2.14. The number of hydrogen-bond acceptors (Lipinski definition) is 2. The van der Waals surface area contributed by atoms with Crippen LogP contribution in [-0.4, -0.2) is 4.57 Å². The predicted molar refractivity (Wildman–Crippen MR) is 79.2 cm³/mol. The zero-order valence-corrected chi connectivity index (χ0v) is 11.7. The zero-order valence-electron chi connectivity index (χ0n) is 11.7. The van der Waals surface area contributed by atoms with Crippen LogP contribution in [0.1, 0.15) is 17.0 Å². The number of rotatable bonds is 1. The zero-order chi connectivity index (χ0) is 13.7. The summed E-state index contributed by atoms with van der Waals surface area (Å²) in [6.07, 6.45) is 0. The summed E-state index contributed by atoms with van der Waals surface area (Å²) >= 11 is 0. The molecule has 2 N–H and O–H groups in total. The molecule has 0 aliphatic heterocycles. The average Bonchev–Trinajstić information content (AvgIpc) is 2.78. The van der Waals surface area contributed by atoms with Crippen molar-refractivity contribution in [1.82, 2.24) is 4.57 Å². The molecule has 0 atom stereocenters. The molecule has 0 saturated heterocycles. The van der Waals surface area contributed by atoms with E-state index in [1.54, 1.807) is 0 Å². The number of anilines is 1. The van der Waals surface area contributed by atoms with Crippen molar-refractivity contribution in [2.75, 3.05) is 5.73 Å². The molecule has 2 aromatic heterocycles. The lowest BCUT2D eigenvalue weighted by atomic mass is 10.0. The predicted octanol–water partition coefficient (Wildman–Crippen LogP) is 3.95. The molecule has 0 fully saturated rings. The molecular weight excluding hydrogens is 236 g/mol. The van der Waals surface area contributed by atoms with Crippen molar-refractivity contribution >= 4 is 16.8 Å². The van der Waals surface area contributed by atoms with Gasteiger partial charge in [-0.1, -0.05) is 6.07 Å². The first-order valence-electron chi connectivity index (χ1n) is 6.41. The van der Waals surface area contributed by atoms with Gasteiger partial charge in [0.2, 0.25) is 0 Å². The number of furan rings is 1. The Morgan fingerprint density at radius 2 is 1.84 bits per heavy atom. The van der Waals surface area contributed by atoms with E-state index in [2.05, 4.69) is 42.8 Å². The SMILES string of the molecule is Cc1oc(N)c(C)c1-c1ccc2c(c1)cc(C)n2C. The molecule has 0 aliphatic carbocycles. The monoisotopic (exact) mass is 254 g/mol. The minimum absolute atomic E-state index is 0.511. The summed E-state index contributed by atoms with van der Waals surface area (Å²) in [5, 5.41) is 1.25. The highest BCUT2D eigenvalue weighted by molar-refractivity contribution is 5.88. The van der Waals surface area contributed by atoms with Gasteiger partial charge < -0.3 is 14.7 Å².